The average Bonchev–Trinajstić information content (AvgIpc) is 3.27. The van der Waals surface area contributed by atoms with E-state index in [2.05, 4.69) is 112 Å². The Kier molecular flexibility index (Phi) is 38.1. The summed E-state index contributed by atoms with van der Waals surface area (Å²) in [5.74, 6) is 14.2. The number of benzene rings is 2. The molecule has 0 saturated carbocycles. The lowest BCUT2D eigenvalue weighted by Crippen LogP contribution is -2.06. The van der Waals surface area contributed by atoms with Crippen LogP contribution < -0.4 is 0 Å². The molecule has 0 aliphatic carbocycles. The van der Waals surface area contributed by atoms with Gasteiger partial charge in [0.15, 0.2) is 0 Å². The molecule has 342 valence electrons. The maximum absolute atomic E-state index is 3.66. The smallest absolute Gasteiger partial charge is 0.0281 e. The van der Waals surface area contributed by atoms with Crippen molar-refractivity contribution in [3.63, 3.8) is 0 Å². The van der Waals surface area contributed by atoms with E-state index in [4.69, 9.17) is 0 Å². The Bertz CT molecular complexity index is 1180. The molecule has 2 aromatic rings. The van der Waals surface area contributed by atoms with E-state index in [-0.39, 0.29) is 0 Å². The lowest BCUT2D eigenvalue weighted by Gasteiger charge is -2.17. The second kappa shape index (κ2) is 41.7. The SMILES string of the molecule is CCCCCCCCCCC(CCCCCCCC)CSCCc1ccccc1C#Cc1ccccc1CCSCC(CCCCCCCC)CCCCCCCCCC. The lowest BCUT2D eigenvalue weighted by atomic mass is 9.95. The topological polar surface area (TPSA) is 0 Å². The van der Waals surface area contributed by atoms with Crippen molar-refractivity contribution < 1.29 is 0 Å². The first kappa shape index (κ1) is 54.8. The van der Waals surface area contributed by atoms with E-state index >= 15 is 0 Å². The molecular formula is C58H98S2. The number of thioether (sulfide) groups is 2. The Balaban J connectivity index is 1.87. The van der Waals surface area contributed by atoms with Crippen molar-refractivity contribution >= 4 is 23.5 Å². The maximum atomic E-state index is 3.66. The molecule has 0 heterocycles. The van der Waals surface area contributed by atoms with Gasteiger partial charge < -0.3 is 0 Å². The fourth-order valence-electron chi connectivity index (χ4n) is 8.90. The van der Waals surface area contributed by atoms with Crippen LogP contribution in [0.3, 0.4) is 0 Å². The molecule has 0 spiro atoms. The fraction of sp³-hybridized carbons (Fsp3) is 0.759. The first-order valence-corrected chi connectivity index (χ1v) is 28.9. The van der Waals surface area contributed by atoms with E-state index in [9.17, 15) is 0 Å². The number of unbranched alkanes of at least 4 members (excludes halogenated alkanes) is 24. The minimum Gasteiger partial charge on any atom is -0.161 e. The molecule has 0 N–H and O–H groups in total. The third kappa shape index (κ3) is 30.7. The fourth-order valence-corrected chi connectivity index (χ4v) is 11.3. The Morgan fingerprint density at radius 3 is 0.917 bits per heavy atom. The van der Waals surface area contributed by atoms with Gasteiger partial charge in [0.05, 0.1) is 0 Å². The van der Waals surface area contributed by atoms with Crippen molar-refractivity contribution in [2.45, 2.75) is 246 Å². The second-order valence-electron chi connectivity index (χ2n) is 18.6. The molecular weight excluding hydrogens is 761 g/mol. The van der Waals surface area contributed by atoms with Crippen LogP contribution in [0.25, 0.3) is 0 Å². The molecule has 0 aromatic heterocycles. The summed E-state index contributed by atoms with van der Waals surface area (Å²) >= 11 is 4.42. The van der Waals surface area contributed by atoms with Gasteiger partial charge in [0.2, 0.25) is 0 Å². The molecule has 0 fully saturated rings. The van der Waals surface area contributed by atoms with E-state index < -0.39 is 0 Å². The molecule has 0 radical (unpaired) electrons. The molecule has 0 amide bonds. The number of hydrogen-bond donors (Lipinski definition) is 0. The van der Waals surface area contributed by atoms with Gasteiger partial charge in [0, 0.05) is 11.1 Å². The zero-order valence-corrected chi connectivity index (χ0v) is 42.1. The largest absolute Gasteiger partial charge is 0.161 e. The predicted molar refractivity (Wildman–Crippen MR) is 278 cm³/mol. The molecule has 2 rings (SSSR count). The van der Waals surface area contributed by atoms with Gasteiger partial charge in [-0.25, -0.2) is 0 Å². The van der Waals surface area contributed by atoms with E-state index in [0.29, 0.717) is 0 Å². The quantitative estimate of drug-likeness (QED) is 0.0482. The zero-order valence-electron chi connectivity index (χ0n) is 40.5. The number of aryl methyl sites for hydroxylation is 2. The minimum absolute atomic E-state index is 0.895. The van der Waals surface area contributed by atoms with Gasteiger partial charge in [-0.3, -0.25) is 0 Å². The van der Waals surface area contributed by atoms with E-state index in [1.807, 2.05) is 0 Å². The second-order valence-corrected chi connectivity index (χ2v) is 20.9. The highest BCUT2D eigenvalue weighted by Crippen LogP contribution is 2.26. The van der Waals surface area contributed by atoms with Gasteiger partial charge in [-0.15, -0.1) is 0 Å². The van der Waals surface area contributed by atoms with Gasteiger partial charge in [0.25, 0.3) is 0 Å². The molecule has 60 heavy (non-hydrogen) atoms. The first-order chi connectivity index (χ1) is 29.7. The lowest BCUT2D eigenvalue weighted by molar-refractivity contribution is 0.436. The van der Waals surface area contributed by atoms with Crippen LogP contribution in [0.15, 0.2) is 48.5 Å². The van der Waals surface area contributed by atoms with Crippen LogP contribution in [0.1, 0.15) is 255 Å². The van der Waals surface area contributed by atoms with Crippen molar-refractivity contribution in [1.29, 1.82) is 0 Å². The van der Waals surface area contributed by atoms with Crippen LogP contribution >= 0.6 is 23.5 Å². The summed E-state index contributed by atoms with van der Waals surface area (Å²) in [5, 5.41) is 0. The summed E-state index contributed by atoms with van der Waals surface area (Å²) in [6, 6.07) is 18.0. The molecule has 2 atom stereocenters. The summed E-state index contributed by atoms with van der Waals surface area (Å²) in [4.78, 5) is 0. The van der Waals surface area contributed by atoms with Crippen molar-refractivity contribution in [3.05, 3.63) is 70.8 Å². The standard InChI is InChI=1S/C58H98S2/c1-5-9-13-17-21-23-27-31-39-53(37-29-25-19-15-11-7-3)51-59-49-47-57-43-35-33-41-55(57)45-46-56-42-34-36-44-58(56)48-50-60-52-54(38-30-26-20-16-12-8-4)40-32-28-24-22-18-14-10-6-2/h33-36,41-44,53-54H,5-32,37-40,47-52H2,1-4H3. The zero-order chi connectivity index (χ0) is 42.8. The van der Waals surface area contributed by atoms with Gasteiger partial charge >= 0.3 is 0 Å². The molecule has 2 heteroatoms. The summed E-state index contributed by atoms with van der Waals surface area (Å²) < 4.78 is 0. The van der Waals surface area contributed by atoms with Crippen molar-refractivity contribution in [2.24, 2.45) is 11.8 Å². The maximum Gasteiger partial charge on any atom is 0.0281 e. The third-order valence-electron chi connectivity index (χ3n) is 13.0. The predicted octanol–water partition coefficient (Wildman–Crippen LogP) is 19.4. The molecule has 0 aliphatic rings. The summed E-state index contributed by atoms with van der Waals surface area (Å²) in [5.41, 5.74) is 5.30. The van der Waals surface area contributed by atoms with Crippen molar-refractivity contribution in [2.75, 3.05) is 23.0 Å². The van der Waals surface area contributed by atoms with Gasteiger partial charge in [0.1, 0.15) is 0 Å². The minimum atomic E-state index is 0.895. The van der Waals surface area contributed by atoms with Gasteiger partial charge in [-0.1, -0.05) is 256 Å². The molecule has 0 bridgehead atoms. The summed E-state index contributed by atoms with van der Waals surface area (Å²) in [6.45, 7) is 9.29. The van der Waals surface area contributed by atoms with Gasteiger partial charge in [-0.2, -0.15) is 23.5 Å². The molecule has 0 nitrogen and oxygen atoms in total. The number of hydrogen-bond acceptors (Lipinski definition) is 2. The van der Waals surface area contributed by atoms with Crippen LogP contribution in [0, 0.1) is 23.7 Å². The summed E-state index contributed by atoms with van der Waals surface area (Å²) in [7, 11) is 0. The molecule has 2 unspecified atom stereocenters. The Morgan fingerprint density at radius 1 is 0.350 bits per heavy atom. The van der Waals surface area contributed by atoms with E-state index in [1.165, 1.54) is 251 Å². The Hall–Kier alpha value is -1.30. The molecule has 2 aromatic carbocycles. The Labute approximate surface area is 385 Å². The third-order valence-corrected chi connectivity index (χ3v) is 15.4. The number of rotatable bonds is 42. The van der Waals surface area contributed by atoms with Crippen molar-refractivity contribution in [1.82, 2.24) is 0 Å². The van der Waals surface area contributed by atoms with Crippen molar-refractivity contribution in [3.8, 4) is 11.8 Å². The molecule has 0 aliphatic heterocycles. The van der Waals surface area contributed by atoms with Crippen LogP contribution in [0.2, 0.25) is 0 Å². The Morgan fingerprint density at radius 2 is 0.617 bits per heavy atom. The normalized spacial score (nSPS) is 12.4. The highest BCUT2D eigenvalue weighted by molar-refractivity contribution is 7.99. The van der Waals surface area contributed by atoms with Crippen LogP contribution in [-0.4, -0.2) is 23.0 Å². The van der Waals surface area contributed by atoms with Crippen LogP contribution in [0.4, 0.5) is 0 Å². The van der Waals surface area contributed by atoms with Gasteiger partial charge in [-0.05, 0) is 96.6 Å². The van der Waals surface area contributed by atoms with Crippen LogP contribution in [-0.2, 0) is 12.8 Å². The first-order valence-electron chi connectivity index (χ1n) is 26.5. The highest BCUT2D eigenvalue weighted by atomic mass is 32.2. The average molecular weight is 860 g/mol. The summed E-state index contributed by atoms with van der Waals surface area (Å²) in [6.07, 6.45) is 47.8. The van der Waals surface area contributed by atoms with Crippen LogP contribution in [0.5, 0.6) is 0 Å². The monoisotopic (exact) mass is 859 g/mol. The molecule has 0 saturated heterocycles. The van der Waals surface area contributed by atoms with E-state index in [1.54, 1.807) is 0 Å². The highest BCUT2D eigenvalue weighted by Gasteiger charge is 2.12. The van der Waals surface area contributed by atoms with E-state index in [0.717, 1.165) is 24.7 Å².